The first-order valence-electron chi connectivity index (χ1n) is 6.55. The standard InChI is InChI=1S/C15H20N2O/c1-3-4-7-11(2)17-14(16)10-12-8-5-6-9-13(12)15(17)18/h5-6,8-11H,3-4,7,16H2,1-2H3. The van der Waals surface area contributed by atoms with Crippen LogP contribution in [-0.2, 0) is 0 Å². The Labute approximate surface area is 107 Å². The summed E-state index contributed by atoms with van der Waals surface area (Å²) in [6.07, 6.45) is 3.23. The first kappa shape index (κ1) is 12.7. The normalized spacial score (nSPS) is 12.8. The number of rotatable bonds is 4. The van der Waals surface area contributed by atoms with E-state index in [0.717, 1.165) is 30.0 Å². The van der Waals surface area contributed by atoms with Gasteiger partial charge in [-0.2, -0.15) is 0 Å². The van der Waals surface area contributed by atoms with Gasteiger partial charge in [0.25, 0.3) is 5.56 Å². The molecule has 0 radical (unpaired) electrons. The lowest BCUT2D eigenvalue weighted by Gasteiger charge is -2.18. The van der Waals surface area contributed by atoms with Crippen LogP contribution in [0, 0.1) is 0 Å². The Morgan fingerprint density at radius 1 is 1.33 bits per heavy atom. The van der Waals surface area contributed by atoms with E-state index < -0.39 is 0 Å². The van der Waals surface area contributed by atoms with Crippen LogP contribution in [0.2, 0.25) is 0 Å². The molecule has 2 rings (SSSR count). The van der Waals surface area contributed by atoms with Crippen LogP contribution in [0.15, 0.2) is 35.1 Å². The number of nitrogens with two attached hydrogens (primary N) is 1. The quantitative estimate of drug-likeness (QED) is 0.896. The van der Waals surface area contributed by atoms with Crippen molar-refractivity contribution in [3.63, 3.8) is 0 Å². The molecule has 1 heterocycles. The predicted octanol–water partition coefficient (Wildman–Crippen LogP) is 3.33. The maximum atomic E-state index is 12.4. The van der Waals surface area contributed by atoms with Gasteiger partial charge in [0.2, 0.25) is 0 Å². The summed E-state index contributed by atoms with van der Waals surface area (Å²) in [5, 5.41) is 1.66. The van der Waals surface area contributed by atoms with Gasteiger partial charge in [0.15, 0.2) is 0 Å². The molecule has 2 aromatic rings. The fourth-order valence-electron chi connectivity index (χ4n) is 2.38. The van der Waals surface area contributed by atoms with Crippen molar-refractivity contribution in [2.75, 3.05) is 5.73 Å². The number of nitrogens with zero attached hydrogens (tertiary/aromatic N) is 1. The van der Waals surface area contributed by atoms with Gasteiger partial charge in [-0.3, -0.25) is 9.36 Å². The van der Waals surface area contributed by atoms with E-state index in [-0.39, 0.29) is 11.6 Å². The molecule has 1 unspecified atom stereocenters. The van der Waals surface area contributed by atoms with Crippen molar-refractivity contribution in [2.45, 2.75) is 39.2 Å². The van der Waals surface area contributed by atoms with E-state index >= 15 is 0 Å². The van der Waals surface area contributed by atoms with Gasteiger partial charge in [0.05, 0.1) is 0 Å². The molecule has 0 saturated heterocycles. The summed E-state index contributed by atoms with van der Waals surface area (Å²) in [6, 6.07) is 9.64. The Morgan fingerprint density at radius 2 is 2.06 bits per heavy atom. The molecule has 0 aliphatic rings. The molecule has 1 aromatic carbocycles. The van der Waals surface area contributed by atoms with Gasteiger partial charge in [0.1, 0.15) is 5.82 Å². The summed E-state index contributed by atoms with van der Waals surface area (Å²) in [7, 11) is 0. The number of unbranched alkanes of at least 4 members (excludes halogenated alkanes) is 1. The maximum Gasteiger partial charge on any atom is 0.260 e. The molecular formula is C15H20N2O. The first-order chi connectivity index (χ1) is 8.65. The Balaban J connectivity index is 2.54. The highest BCUT2D eigenvalue weighted by atomic mass is 16.1. The van der Waals surface area contributed by atoms with E-state index in [4.69, 9.17) is 5.73 Å². The molecular weight excluding hydrogens is 224 g/mol. The predicted molar refractivity (Wildman–Crippen MR) is 76.9 cm³/mol. The lowest BCUT2D eigenvalue weighted by Crippen LogP contribution is -2.26. The van der Waals surface area contributed by atoms with Gasteiger partial charge >= 0.3 is 0 Å². The SMILES string of the molecule is CCCCC(C)n1c(N)cc2ccccc2c1=O. The Kier molecular flexibility index (Phi) is 3.70. The topological polar surface area (TPSA) is 48.0 Å². The molecule has 96 valence electrons. The van der Waals surface area contributed by atoms with Gasteiger partial charge in [0, 0.05) is 11.4 Å². The van der Waals surface area contributed by atoms with Crippen molar-refractivity contribution >= 4 is 16.6 Å². The molecule has 0 saturated carbocycles. The smallest absolute Gasteiger partial charge is 0.260 e. The van der Waals surface area contributed by atoms with E-state index in [1.807, 2.05) is 30.3 Å². The summed E-state index contributed by atoms with van der Waals surface area (Å²) >= 11 is 0. The van der Waals surface area contributed by atoms with Crippen LogP contribution in [0.4, 0.5) is 5.82 Å². The van der Waals surface area contributed by atoms with Crippen molar-refractivity contribution in [3.8, 4) is 0 Å². The number of hydrogen-bond donors (Lipinski definition) is 1. The second-order valence-corrected chi connectivity index (χ2v) is 4.82. The zero-order chi connectivity index (χ0) is 13.1. The van der Waals surface area contributed by atoms with Crippen molar-refractivity contribution in [1.82, 2.24) is 4.57 Å². The number of nitrogen functional groups attached to an aromatic ring is 1. The van der Waals surface area contributed by atoms with E-state index in [9.17, 15) is 4.79 Å². The number of hydrogen-bond acceptors (Lipinski definition) is 2. The van der Waals surface area contributed by atoms with E-state index in [1.54, 1.807) is 4.57 Å². The van der Waals surface area contributed by atoms with Crippen molar-refractivity contribution in [2.24, 2.45) is 0 Å². The van der Waals surface area contributed by atoms with Crippen LogP contribution in [0.3, 0.4) is 0 Å². The van der Waals surface area contributed by atoms with Gasteiger partial charge in [-0.15, -0.1) is 0 Å². The molecule has 1 aromatic heterocycles. The second kappa shape index (κ2) is 5.25. The van der Waals surface area contributed by atoms with Crippen molar-refractivity contribution < 1.29 is 0 Å². The zero-order valence-electron chi connectivity index (χ0n) is 11.0. The number of fused-ring (bicyclic) bond motifs is 1. The van der Waals surface area contributed by atoms with Crippen LogP contribution in [0.1, 0.15) is 39.2 Å². The molecule has 1 atom stereocenters. The summed E-state index contributed by atoms with van der Waals surface area (Å²) in [5.41, 5.74) is 6.05. The molecule has 2 N–H and O–H groups in total. The van der Waals surface area contributed by atoms with Crippen LogP contribution >= 0.6 is 0 Å². The van der Waals surface area contributed by atoms with Gasteiger partial charge in [-0.05, 0) is 30.9 Å². The third-order valence-corrected chi connectivity index (χ3v) is 3.41. The maximum absolute atomic E-state index is 12.4. The van der Waals surface area contributed by atoms with Crippen LogP contribution in [-0.4, -0.2) is 4.57 Å². The van der Waals surface area contributed by atoms with Crippen molar-refractivity contribution in [1.29, 1.82) is 0 Å². The molecule has 3 heteroatoms. The number of pyridine rings is 1. The average molecular weight is 244 g/mol. The molecule has 0 bridgehead atoms. The molecule has 0 spiro atoms. The van der Waals surface area contributed by atoms with Crippen LogP contribution < -0.4 is 11.3 Å². The van der Waals surface area contributed by atoms with Gasteiger partial charge in [-0.1, -0.05) is 38.0 Å². The molecule has 0 aliphatic carbocycles. The summed E-state index contributed by atoms with van der Waals surface area (Å²) in [4.78, 5) is 12.4. The van der Waals surface area contributed by atoms with E-state index in [1.165, 1.54) is 0 Å². The molecule has 3 nitrogen and oxygen atoms in total. The van der Waals surface area contributed by atoms with Crippen molar-refractivity contribution in [3.05, 3.63) is 40.7 Å². The fraction of sp³-hybridized carbons (Fsp3) is 0.400. The number of benzene rings is 1. The molecule has 0 amide bonds. The Hall–Kier alpha value is -1.77. The lowest BCUT2D eigenvalue weighted by molar-refractivity contribution is 0.481. The molecule has 0 aliphatic heterocycles. The third kappa shape index (κ3) is 2.26. The van der Waals surface area contributed by atoms with E-state index in [2.05, 4.69) is 13.8 Å². The summed E-state index contributed by atoms with van der Waals surface area (Å²) in [5.74, 6) is 0.558. The second-order valence-electron chi connectivity index (χ2n) is 4.82. The highest BCUT2D eigenvalue weighted by molar-refractivity contribution is 5.83. The monoisotopic (exact) mass is 244 g/mol. The minimum Gasteiger partial charge on any atom is -0.385 e. The Morgan fingerprint density at radius 3 is 2.78 bits per heavy atom. The highest BCUT2D eigenvalue weighted by Gasteiger charge is 2.12. The fourth-order valence-corrected chi connectivity index (χ4v) is 2.38. The summed E-state index contributed by atoms with van der Waals surface area (Å²) in [6.45, 7) is 4.21. The highest BCUT2D eigenvalue weighted by Crippen LogP contribution is 2.20. The Bertz CT molecular complexity index is 601. The zero-order valence-corrected chi connectivity index (χ0v) is 11.0. The largest absolute Gasteiger partial charge is 0.385 e. The van der Waals surface area contributed by atoms with Crippen LogP contribution in [0.25, 0.3) is 10.8 Å². The van der Waals surface area contributed by atoms with Gasteiger partial charge < -0.3 is 5.73 Å². The first-order valence-corrected chi connectivity index (χ1v) is 6.55. The molecule has 18 heavy (non-hydrogen) atoms. The average Bonchev–Trinajstić information content (AvgIpc) is 2.36. The number of anilines is 1. The molecule has 0 fully saturated rings. The van der Waals surface area contributed by atoms with Crippen LogP contribution in [0.5, 0.6) is 0 Å². The third-order valence-electron chi connectivity index (χ3n) is 3.41. The lowest BCUT2D eigenvalue weighted by atomic mass is 10.1. The summed E-state index contributed by atoms with van der Waals surface area (Å²) < 4.78 is 1.72. The van der Waals surface area contributed by atoms with Gasteiger partial charge in [-0.25, -0.2) is 0 Å². The van der Waals surface area contributed by atoms with E-state index in [0.29, 0.717) is 5.82 Å². The minimum atomic E-state index is 0.0224. The minimum absolute atomic E-state index is 0.0224. The number of aromatic nitrogens is 1.